The summed E-state index contributed by atoms with van der Waals surface area (Å²) in [7, 11) is 1.88. The second-order valence-corrected chi connectivity index (χ2v) is 4.92. The van der Waals surface area contributed by atoms with E-state index in [1.54, 1.807) is 4.68 Å². The van der Waals surface area contributed by atoms with E-state index < -0.39 is 0 Å². The van der Waals surface area contributed by atoms with Crippen LogP contribution in [0.4, 0.5) is 0 Å². The standard InChI is InChI=1S/C15H21N5O/c1-12(17-15(21)9-6-10-16-2)14-11-20(19-18-14)13-7-4-3-5-8-13/h3-5,7-8,11-12,16H,6,9-10H2,1-2H3,(H,17,21). The second kappa shape index (κ2) is 7.54. The van der Waals surface area contributed by atoms with E-state index in [4.69, 9.17) is 0 Å². The van der Waals surface area contributed by atoms with Crippen molar-refractivity contribution >= 4 is 5.91 Å². The number of rotatable bonds is 7. The average molecular weight is 287 g/mol. The molecule has 0 aliphatic rings. The molecule has 21 heavy (non-hydrogen) atoms. The van der Waals surface area contributed by atoms with Crippen molar-refractivity contribution < 1.29 is 4.79 Å². The van der Waals surface area contributed by atoms with Gasteiger partial charge in [-0.15, -0.1) is 5.10 Å². The van der Waals surface area contributed by atoms with Gasteiger partial charge in [-0.1, -0.05) is 23.4 Å². The third-order valence-corrected chi connectivity index (χ3v) is 3.18. The molecule has 2 N–H and O–H groups in total. The van der Waals surface area contributed by atoms with Crippen LogP contribution in [0.5, 0.6) is 0 Å². The summed E-state index contributed by atoms with van der Waals surface area (Å²) in [6.07, 6.45) is 3.18. The minimum absolute atomic E-state index is 0.0343. The zero-order chi connectivity index (χ0) is 15.1. The molecule has 0 fully saturated rings. The molecule has 0 saturated heterocycles. The number of para-hydroxylation sites is 1. The maximum Gasteiger partial charge on any atom is 0.220 e. The fourth-order valence-electron chi connectivity index (χ4n) is 2.00. The van der Waals surface area contributed by atoms with Crippen LogP contribution in [0.2, 0.25) is 0 Å². The van der Waals surface area contributed by atoms with Crippen LogP contribution in [0.1, 0.15) is 31.5 Å². The van der Waals surface area contributed by atoms with Crippen molar-refractivity contribution in [3.63, 3.8) is 0 Å². The predicted molar refractivity (Wildman–Crippen MR) is 81.1 cm³/mol. The molecule has 1 unspecified atom stereocenters. The van der Waals surface area contributed by atoms with Crippen molar-refractivity contribution in [3.05, 3.63) is 42.2 Å². The van der Waals surface area contributed by atoms with Gasteiger partial charge in [0.2, 0.25) is 5.91 Å². The number of hydrogen-bond acceptors (Lipinski definition) is 4. The quantitative estimate of drug-likeness (QED) is 0.756. The van der Waals surface area contributed by atoms with E-state index in [1.165, 1.54) is 0 Å². The topological polar surface area (TPSA) is 71.8 Å². The highest BCUT2D eigenvalue weighted by Crippen LogP contribution is 2.11. The van der Waals surface area contributed by atoms with Crippen LogP contribution in [-0.2, 0) is 4.79 Å². The highest BCUT2D eigenvalue weighted by molar-refractivity contribution is 5.76. The SMILES string of the molecule is CNCCCC(=O)NC(C)c1cn(-c2ccccc2)nn1. The first kappa shape index (κ1) is 15.2. The third kappa shape index (κ3) is 4.39. The van der Waals surface area contributed by atoms with E-state index in [1.807, 2.05) is 50.5 Å². The number of hydrogen-bond donors (Lipinski definition) is 2. The molecule has 1 aromatic carbocycles. The van der Waals surface area contributed by atoms with Gasteiger partial charge >= 0.3 is 0 Å². The van der Waals surface area contributed by atoms with Crippen LogP contribution in [-0.4, -0.2) is 34.5 Å². The van der Waals surface area contributed by atoms with Crippen LogP contribution >= 0.6 is 0 Å². The fraction of sp³-hybridized carbons (Fsp3) is 0.400. The van der Waals surface area contributed by atoms with Gasteiger partial charge in [-0.3, -0.25) is 4.79 Å². The molecule has 1 atom stereocenters. The zero-order valence-electron chi connectivity index (χ0n) is 12.4. The summed E-state index contributed by atoms with van der Waals surface area (Å²) >= 11 is 0. The van der Waals surface area contributed by atoms with E-state index in [9.17, 15) is 4.79 Å². The molecule has 0 aliphatic heterocycles. The first-order valence-corrected chi connectivity index (χ1v) is 7.12. The van der Waals surface area contributed by atoms with Crippen molar-refractivity contribution in [2.45, 2.75) is 25.8 Å². The maximum atomic E-state index is 11.8. The number of amides is 1. The number of benzene rings is 1. The van der Waals surface area contributed by atoms with Gasteiger partial charge < -0.3 is 10.6 Å². The number of carbonyl (C=O) groups is 1. The third-order valence-electron chi connectivity index (χ3n) is 3.18. The summed E-state index contributed by atoms with van der Waals surface area (Å²) in [5.41, 5.74) is 1.70. The number of aromatic nitrogens is 3. The zero-order valence-corrected chi connectivity index (χ0v) is 12.4. The molecule has 1 heterocycles. The number of nitrogens with zero attached hydrogens (tertiary/aromatic N) is 3. The largest absolute Gasteiger partial charge is 0.348 e. The van der Waals surface area contributed by atoms with Crippen LogP contribution in [0.3, 0.4) is 0 Å². The molecule has 112 valence electrons. The van der Waals surface area contributed by atoms with Crippen molar-refractivity contribution in [2.24, 2.45) is 0 Å². The van der Waals surface area contributed by atoms with Gasteiger partial charge in [-0.05, 0) is 39.1 Å². The van der Waals surface area contributed by atoms with Crippen molar-refractivity contribution in [1.82, 2.24) is 25.6 Å². The molecule has 0 radical (unpaired) electrons. The Kier molecular flexibility index (Phi) is 5.45. The molecular weight excluding hydrogens is 266 g/mol. The second-order valence-electron chi connectivity index (χ2n) is 4.92. The van der Waals surface area contributed by atoms with Gasteiger partial charge in [0.15, 0.2) is 0 Å². The maximum absolute atomic E-state index is 11.8. The normalized spacial score (nSPS) is 12.1. The molecule has 1 amide bonds. The average Bonchev–Trinajstić information content (AvgIpc) is 2.98. The van der Waals surface area contributed by atoms with Gasteiger partial charge in [-0.25, -0.2) is 4.68 Å². The Labute approximate surface area is 124 Å². The van der Waals surface area contributed by atoms with Crippen LogP contribution in [0.25, 0.3) is 5.69 Å². The Hall–Kier alpha value is -2.21. The first-order valence-electron chi connectivity index (χ1n) is 7.12. The van der Waals surface area contributed by atoms with Gasteiger partial charge in [0.1, 0.15) is 5.69 Å². The Morgan fingerprint density at radius 1 is 1.33 bits per heavy atom. The number of carbonyl (C=O) groups excluding carboxylic acids is 1. The van der Waals surface area contributed by atoms with E-state index in [2.05, 4.69) is 20.9 Å². The summed E-state index contributed by atoms with van der Waals surface area (Å²) in [6.45, 7) is 2.75. The first-order chi connectivity index (χ1) is 10.2. The van der Waals surface area contributed by atoms with Crippen molar-refractivity contribution in [2.75, 3.05) is 13.6 Å². The highest BCUT2D eigenvalue weighted by atomic mass is 16.1. The Morgan fingerprint density at radius 2 is 2.10 bits per heavy atom. The smallest absolute Gasteiger partial charge is 0.220 e. The molecule has 0 aliphatic carbocycles. The molecule has 0 bridgehead atoms. The lowest BCUT2D eigenvalue weighted by Gasteiger charge is -2.10. The summed E-state index contributed by atoms with van der Waals surface area (Å²) in [5.74, 6) is 0.0343. The van der Waals surface area contributed by atoms with Gasteiger partial charge in [0.25, 0.3) is 0 Å². The molecule has 2 aromatic rings. The van der Waals surface area contributed by atoms with Crippen LogP contribution in [0.15, 0.2) is 36.5 Å². The summed E-state index contributed by atoms with van der Waals surface area (Å²) in [5, 5.41) is 14.2. The lowest BCUT2D eigenvalue weighted by molar-refractivity contribution is -0.121. The van der Waals surface area contributed by atoms with E-state index in [-0.39, 0.29) is 11.9 Å². The molecule has 1 aromatic heterocycles. The summed E-state index contributed by atoms with van der Waals surface area (Å²) in [6, 6.07) is 9.62. The van der Waals surface area contributed by atoms with E-state index in [0.29, 0.717) is 6.42 Å². The van der Waals surface area contributed by atoms with Crippen LogP contribution in [0, 0.1) is 0 Å². The van der Waals surface area contributed by atoms with E-state index >= 15 is 0 Å². The van der Waals surface area contributed by atoms with Gasteiger partial charge in [0, 0.05) is 6.42 Å². The molecule has 6 nitrogen and oxygen atoms in total. The molecule has 6 heteroatoms. The summed E-state index contributed by atoms with van der Waals surface area (Å²) < 4.78 is 1.71. The lowest BCUT2D eigenvalue weighted by Crippen LogP contribution is -2.27. The summed E-state index contributed by atoms with van der Waals surface area (Å²) in [4.78, 5) is 11.8. The van der Waals surface area contributed by atoms with Gasteiger partial charge in [0.05, 0.1) is 17.9 Å². The molecule has 2 rings (SSSR count). The monoisotopic (exact) mass is 287 g/mol. The predicted octanol–water partition coefficient (Wildman–Crippen LogP) is 1.44. The van der Waals surface area contributed by atoms with Gasteiger partial charge in [-0.2, -0.15) is 0 Å². The number of nitrogens with one attached hydrogen (secondary N) is 2. The van der Waals surface area contributed by atoms with Crippen molar-refractivity contribution in [1.29, 1.82) is 0 Å². The highest BCUT2D eigenvalue weighted by Gasteiger charge is 2.13. The minimum Gasteiger partial charge on any atom is -0.348 e. The molecule has 0 saturated carbocycles. The minimum atomic E-state index is -0.149. The van der Waals surface area contributed by atoms with E-state index in [0.717, 1.165) is 24.3 Å². The van der Waals surface area contributed by atoms with Crippen molar-refractivity contribution in [3.8, 4) is 5.69 Å². The Morgan fingerprint density at radius 3 is 2.81 bits per heavy atom. The molecular formula is C15H21N5O. The Balaban J connectivity index is 1.93. The van der Waals surface area contributed by atoms with Crippen LogP contribution < -0.4 is 10.6 Å². The molecule has 0 spiro atoms. The lowest BCUT2D eigenvalue weighted by atomic mass is 10.2. The Bertz CT molecular complexity index is 566. The fourth-order valence-corrected chi connectivity index (χ4v) is 2.00.